The molecule has 112 valence electrons. The smallest absolute Gasteiger partial charge is 0.123 e. The molecule has 0 saturated carbocycles. The van der Waals surface area contributed by atoms with Crippen molar-refractivity contribution in [1.29, 1.82) is 0 Å². The van der Waals surface area contributed by atoms with Crippen LogP contribution in [0.3, 0.4) is 0 Å². The van der Waals surface area contributed by atoms with Crippen LogP contribution in [-0.2, 0) is 11.3 Å². The summed E-state index contributed by atoms with van der Waals surface area (Å²) in [5, 5.41) is 3.35. The predicted molar refractivity (Wildman–Crippen MR) is 82.3 cm³/mol. The average Bonchev–Trinajstić information content (AvgIpc) is 2.43. The number of halogens is 2. The summed E-state index contributed by atoms with van der Waals surface area (Å²) < 4.78 is 19.9. The van der Waals surface area contributed by atoms with Gasteiger partial charge in [0, 0.05) is 36.7 Å². The van der Waals surface area contributed by atoms with Gasteiger partial charge in [0.25, 0.3) is 0 Å². The first-order valence-corrected chi connectivity index (χ1v) is 7.86. The van der Waals surface area contributed by atoms with Crippen molar-refractivity contribution in [2.75, 3.05) is 26.2 Å². The molecular formula is C15H22BrFN2O. The van der Waals surface area contributed by atoms with Crippen molar-refractivity contribution >= 4 is 15.9 Å². The zero-order valence-corrected chi connectivity index (χ0v) is 13.6. The van der Waals surface area contributed by atoms with E-state index in [1.807, 2.05) is 0 Å². The Kier molecular flexibility index (Phi) is 5.96. The molecule has 5 heteroatoms. The third-order valence-electron chi connectivity index (χ3n) is 3.60. The lowest BCUT2D eigenvalue weighted by Gasteiger charge is -2.35. The van der Waals surface area contributed by atoms with Crippen LogP contribution >= 0.6 is 15.9 Å². The van der Waals surface area contributed by atoms with Crippen LogP contribution in [0, 0.1) is 5.82 Å². The van der Waals surface area contributed by atoms with Gasteiger partial charge >= 0.3 is 0 Å². The van der Waals surface area contributed by atoms with Crippen LogP contribution in [0.15, 0.2) is 22.7 Å². The molecular weight excluding hydrogens is 323 g/mol. The minimum Gasteiger partial charge on any atom is -0.374 e. The van der Waals surface area contributed by atoms with Crippen LogP contribution < -0.4 is 5.32 Å². The Hall–Kier alpha value is -0.490. The van der Waals surface area contributed by atoms with E-state index in [4.69, 9.17) is 4.74 Å². The summed E-state index contributed by atoms with van der Waals surface area (Å²) in [5.74, 6) is -0.204. The number of ether oxygens (including phenoxy) is 1. The number of hydrogen-bond donors (Lipinski definition) is 1. The number of nitrogens with zero attached hydrogens (tertiary/aromatic N) is 1. The Morgan fingerprint density at radius 3 is 3.05 bits per heavy atom. The van der Waals surface area contributed by atoms with Crippen LogP contribution in [-0.4, -0.2) is 43.3 Å². The van der Waals surface area contributed by atoms with E-state index in [1.54, 1.807) is 12.1 Å². The fourth-order valence-electron chi connectivity index (χ4n) is 2.38. The van der Waals surface area contributed by atoms with Gasteiger partial charge in [0.2, 0.25) is 0 Å². The van der Waals surface area contributed by atoms with Gasteiger partial charge in [0.1, 0.15) is 5.82 Å². The van der Waals surface area contributed by atoms with Gasteiger partial charge in [-0.25, -0.2) is 4.39 Å². The molecule has 0 aromatic heterocycles. The van der Waals surface area contributed by atoms with E-state index in [9.17, 15) is 4.39 Å². The Balaban J connectivity index is 1.79. The second kappa shape index (κ2) is 7.50. The van der Waals surface area contributed by atoms with Gasteiger partial charge in [-0.1, -0.05) is 15.9 Å². The molecule has 1 fully saturated rings. The van der Waals surface area contributed by atoms with Gasteiger partial charge < -0.3 is 10.1 Å². The predicted octanol–water partition coefficient (Wildman–Crippen LogP) is 2.79. The molecule has 1 atom stereocenters. The summed E-state index contributed by atoms with van der Waals surface area (Å²) in [6.07, 6.45) is 0.207. The zero-order valence-electron chi connectivity index (χ0n) is 12.0. The molecule has 0 radical (unpaired) electrons. The van der Waals surface area contributed by atoms with Gasteiger partial charge in [0.15, 0.2) is 0 Å². The third kappa shape index (κ3) is 4.52. The van der Waals surface area contributed by atoms with Crippen molar-refractivity contribution in [3.63, 3.8) is 0 Å². The Labute approximate surface area is 128 Å². The van der Waals surface area contributed by atoms with Crippen molar-refractivity contribution in [2.45, 2.75) is 32.5 Å². The number of rotatable bonds is 5. The van der Waals surface area contributed by atoms with Gasteiger partial charge in [-0.05, 0) is 37.6 Å². The summed E-state index contributed by atoms with van der Waals surface area (Å²) in [6.45, 7) is 8.58. The maximum atomic E-state index is 13.2. The quantitative estimate of drug-likeness (QED) is 0.888. The van der Waals surface area contributed by atoms with E-state index in [-0.39, 0.29) is 11.9 Å². The lowest BCUT2D eigenvalue weighted by Crippen LogP contribution is -2.48. The standard InChI is InChI=1S/C15H22BrFN2O/c1-11(2)19-5-6-20-14(10-19)9-18-8-12-7-13(17)3-4-15(12)16/h3-4,7,11,14,18H,5-6,8-10H2,1-2H3. The molecule has 1 saturated heterocycles. The summed E-state index contributed by atoms with van der Waals surface area (Å²) in [5.41, 5.74) is 0.932. The zero-order chi connectivity index (χ0) is 14.5. The van der Waals surface area contributed by atoms with Crippen LogP contribution in [0.25, 0.3) is 0 Å². The fraction of sp³-hybridized carbons (Fsp3) is 0.600. The molecule has 1 N–H and O–H groups in total. The average molecular weight is 345 g/mol. The molecule has 1 aromatic rings. The molecule has 0 amide bonds. The summed E-state index contributed by atoms with van der Waals surface area (Å²) in [4.78, 5) is 2.42. The van der Waals surface area contributed by atoms with Gasteiger partial charge in [-0.3, -0.25) is 4.90 Å². The first-order chi connectivity index (χ1) is 9.56. The maximum Gasteiger partial charge on any atom is 0.123 e. The Morgan fingerprint density at radius 1 is 1.50 bits per heavy atom. The third-order valence-corrected chi connectivity index (χ3v) is 4.37. The van der Waals surface area contributed by atoms with Crippen LogP contribution in [0.2, 0.25) is 0 Å². The molecule has 1 heterocycles. The first-order valence-electron chi connectivity index (χ1n) is 7.06. The molecule has 1 aliphatic heterocycles. The van der Waals surface area contributed by atoms with Crippen molar-refractivity contribution in [2.24, 2.45) is 0 Å². The van der Waals surface area contributed by atoms with E-state index in [1.165, 1.54) is 6.07 Å². The van der Waals surface area contributed by atoms with E-state index >= 15 is 0 Å². The molecule has 0 aliphatic carbocycles. The summed E-state index contributed by atoms with van der Waals surface area (Å²) >= 11 is 3.44. The highest BCUT2D eigenvalue weighted by Gasteiger charge is 2.21. The highest BCUT2D eigenvalue weighted by Crippen LogP contribution is 2.17. The molecule has 1 unspecified atom stereocenters. The lowest BCUT2D eigenvalue weighted by molar-refractivity contribution is -0.0372. The molecule has 0 bridgehead atoms. The second-order valence-corrected chi connectivity index (χ2v) is 6.30. The van der Waals surface area contributed by atoms with Crippen LogP contribution in [0.5, 0.6) is 0 Å². The molecule has 0 spiro atoms. The van der Waals surface area contributed by atoms with E-state index < -0.39 is 0 Å². The van der Waals surface area contributed by atoms with E-state index in [0.717, 1.165) is 36.3 Å². The highest BCUT2D eigenvalue weighted by atomic mass is 79.9. The molecule has 1 aromatic carbocycles. The Morgan fingerprint density at radius 2 is 2.30 bits per heavy atom. The van der Waals surface area contributed by atoms with Crippen molar-refractivity contribution in [3.8, 4) is 0 Å². The van der Waals surface area contributed by atoms with Gasteiger partial charge in [0.05, 0.1) is 12.7 Å². The lowest BCUT2D eigenvalue weighted by atomic mass is 10.2. The Bertz CT molecular complexity index is 442. The highest BCUT2D eigenvalue weighted by molar-refractivity contribution is 9.10. The summed E-state index contributed by atoms with van der Waals surface area (Å²) in [7, 11) is 0. The number of morpholine rings is 1. The monoisotopic (exact) mass is 344 g/mol. The normalized spacial score (nSPS) is 20.6. The maximum absolute atomic E-state index is 13.2. The van der Waals surface area contributed by atoms with Gasteiger partial charge in [-0.15, -0.1) is 0 Å². The van der Waals surface area contributed by atoms with Crippen molar-refractivity contribution in [1.82, 2.24) is 10.2 Å². The molecule has 3 nitrogen and oxygen atoms in total. The first kappa shape index (κ1) is 15.9. The molecule has 20 heavy (non-hydrogen) atoms. The minimum absolute atomic E-state index is 0.204. The largest absolute Gasteiger partial charge is 0.374 e. The number of hydrogen-bond acceptors (Lipinski definition) is 3. The van der Waals surface area contributed by atoms with E-state index in [2.05, 4.69) is 40.0 Å². The van der Waals surface area contributed by atoms with Crippen LogP contribution in [0.4, 0.5) is 4.39 Å². The van der Waals surface area contributed by atoms with E-state index in [0.29, 0.717) is 12.6 Å². The number of nitrogens with one attached hydrogen (secondary N) is 1. The number of benzene rings is 1. The fourth-order valence-corrected chi connectivity index (χ4v) is 2.77. The van der Waals surface area contributed by atoms with Crippen molar-refractivity contribution < 1.29 is 9.13 Å². The van der Waals surface area contributed by atoms with Crippen molar-refractivity contribution in [3.05, 3.63) is 34.1 Å². The SMILES string of the molecule is CC(C)N1CCOC(CNCc2cc(F)ccc2Br)C1. The summed E-state index contributed by atoms with van der Waals surface area (Å²) in [6, 6.07) is 5.31. The minimum atomic E-state index is -0.204. The molecule has 2 rings (SSSR count). The second-order valence-electron chi connectivity index (χ2n) is 5.45. The topological polar surface area (TPSA) is 24.5 Å². The van der Waals surface area contributed by atoms with Crippen LogP contribution in [0.1, 0.15) is 19.4 Å². The molecule has 1 aliphatic rings. The van der Waals surface area contributed by atoms with Gasteiger partial charge in [-0.2, -0.15) is 0 Å².